The molecular formula is C16H20O2. The van der Waals surface area contributed by atoms with Gasteiger partial charge in [0, 0.05) is 6.08 Å². The number of rotatable bonds is 4. The molecule has 0 N–H and O–H groups in total. The van der Waals surface area contributed by atoms with E-state index in [2.05, 4.69) is 0 Å². The maximum atomic E-state index is 11.5. The van der Waals surface area contributed by atoms with E-state index in [1.807, 2.05) is 52.0 Å². The Kier molecular flexibility index (Phi) is 4.90. The molecule has 18 heavy (non-hydrogen) atoms. The van der Waals surface area contributed by atoms with E-state index in [0.29, 0.717) is 0 Å². The summed E-state index contributed by atoms with van der Waals surface area (Å²) in [6.07, 6.45) is 6.20. The first kappa shape index (κ1) is 14.2. The van der Waals surface area contributed by atoms with Crippen LogP contribution in [0.1, 0.15) is 31.9 Å². The molecule has 0 heterocycles. The van der Waals surface area contributed by atoms with Crippen LogP contribution in [-0.2, 0) is 9.53 Å². The summed E-state index contributed by atoms with van der Waals surface area (Å²) in [5.74, 6) is -0.0835. The predicted molar refractivity (Wildman–Crippen MR) is 75.2 cm³/mol. The van der Waals surface area contributed by atoms with Gasteiger partial charge in [-0.1, -0.05) is 35.9 Å². The molecule has 0 radical (unpaired) electrons. The number of hydrogen-bond acceptors (Lipinski definition) is 2. The number of allylic oxidation sites excluding steroid dienone is 2. The second kappa shape index (κ2) is 6.20. The number of carbonyl (C=O) groups is 1. The molecule has 0 saturated carbocycles. The van der Waals surface area contributed by atoms with Crippen molar-refractivity contribution in [3.63, 3.8) is 0 Å². The van der Waals surface area contributed by atoms with Crippen LogP contribution in [0.15, 0.2) is 42.7 Å². The minimum atomic E-state index is -0.266. The third-order valence-electron chi connectivity index (χ3n) is 2.17. The minimum Gasteiger partial charge on any atom is -0.496 e. The van der Waals surface area contributed by atoms with Crippen LogP contribution in [0.4, 0.5) is 0 Å². The molecule has 96 valence electrons. The lowest BCUT2D eigenvalue weighted by Crippen LogP contribution is -2.15. The van der Waals surface area contributed by atoms with Gasteiger partial charge in [-0.25, -0.2) is 0 Å². The second-order valence-corrected chi connectivity index (χ2v) is 5.18. The summed E-state index contributed by atoms with van der Waals surface area (Å²) in [7, 11) is 0. The quantitative estimate of drug-likeness (QED) is 0.593. The molecule has 2 nitrogen and oxygen atoms in total. The van der Waals surface area contributed by atoms with Crippen molar-refractivity contribution in [3.05, 3.63) is 53.8 Å². The van der Waals surface area contributed by atoms with Crippen molar-refractivity contribution in [1.82, 2.24) is 0 Å². The van der Waals surface area contributed by atoms with Crippen molar-refractivity contribution in [2.75, 3.05) is 0 Å². The third kappa shape index (κ3) is 6.04. The number of aryl methyl sites for hydroxylation is 1. The smallest absolute Gasteiger partial charge is 0.181 e. The largest absolute Gasteiger partial charge is 0.496 e. The van der Waals surface area contributed by atoms with Crippen LogP contribution in [0, 0.1) is 6.92 Å². The predicted octanol–water partition coefficient (Wildman–Crippen LogP) is 3.91. The van der Waals surface area contributed by atoms with E-state index in [1.165, 1.54) is 24.0 Å². The first-order valence-electron chi connectivity index (χ1n) is 6.00. The zero-order chi connectivity index (χ0) is 13.6. The Morgan fingerprint density at radius 3 is 2.28 bits per heavy atom. The molecule has 0 aromatic heterocycles. The summed E-state index contributed by atoms with van der Waals surface area (Å²) in [4.78, 5) is 11.5. The van der Waals surface area contributed by atoms with E-state index < -0.39 is 0 Å². The Bertz CT molecular complexity index is 445. The normalized spacial score (nSPS) is 12.2. The molecule has 0 aliphatic rings. The average molecular weight is 244 g/mol. The van der Waals surface area contributed by atoms with Gasteiger partial charge in [0.25, 0.3) is 0 Å². The lowest BCUT2D eigenvalue weighted by atomic mass is 10.1. The summed E-state index contributed by atoms with van der Waals surface area (Å²) >= 11 is 0. The van der Waals surface area contributed by atoms with Crippen LogP contribution >= 0.6 is 0 Å². The fraction of sp³-hybridized carbons (Fsp3) is 0.312. The Labute approximate surface area is 109 Å². The number of hydrogen-bond donors (Lipinski definition) is 0. The standard InChI is InChI=1S/C16H20O2/c1-13-5-7-14(8-6-13)9-10-15(17)11-12-18-16(2,3)4/h5-12H,1-4H3/b10-9+,12-11+. The molecule has 0 spiro atoms. The highest BCUT2D eigenvalue weighted by atomic mass is 16.5. The van der Waals surface area contributed by atoms with Crippen molar-refractivity contribution >= 4 is 11.9 Å². The number of benzene rings is 1. The van der Waals surface area contributed by atoms with E-state index in [4.69, 9.17) is 4.74 Å². The zero-order valence-corrected chi connectivity index (χ0v) is 11.4. The highest BCUT2D eigenvalue weighted by molar-refractivity contribution is 6.01. The Morgan fingerprint density at radius 1 is 1.11 bits per heavy atom. The Hall–Kier alpha value is -1.83. The number of ether oxygens (including phenoxy) is 1. The van der Waals surface area contributed by atoms with Crippen LogP contribution in [0.2, 0.25) is 0 Å². The van der Waals surface area contributed by atoms with Crippen LogP contribution < -0.4 is 0 Å². The van der Waals surface area contributed by atoms with Gasteiger partial charge in [-0.2, -0.15) is 0 Å². The minimum absolute atomic E-state index is 0.0835. The van der Waals surface area contributed by atoms with Crippen LogP contribution in [0.25, 0.3) is 6.08 Å². The van der Waals surface area contributed by atoms with Gasteiger partial charge in [-0.05, 0) is 39.3 Å². The van der Waals surface area contributed by atoms with Gasteiger partial charge in [0.1, 0.15) is 0 Å². The summed E-state index contributed by atoms with van der Waals surface area (Å²) in [5, 5.41) is 0. The van der Waals surface area contributed by atoms with Crippen LogP contribution in [0.5, 0.6) is 0 Å². The van der Waals surface area contributed by atoms with Crippen molar-refractivity contribution in [1.29, 1.82) is 0 Å². The molecule has 1 aromatic carbocycles. The van der Waals surface area contributed by atoms with Crippen LogP contribution in [-0.4, -0.2) is 11.4 Å². The molecule has 0 amide bonds. The van der Waals surface area contributed by atoms with E-state index in [1.54, 1.807) is 6.08 Å². The molecule has 0 fully saturated rings. The molecule has 0 aliphatic heterocycles. The van der Waals surface area contributed by atoms with Gasteiger partial charge in [-0.15, -0.1) is 0 Å². The maximum Gasteiger partial charge on any atom is 0.181 e. The Balaban J connectivity index is 2.52. The lowest BCUT2D eigenvalue weighted by Gasteiger charge is -2.17. The molecule has 0 saturated heterocycles. The topological polar surface area (TPSA) is 26.3 Å². The molecule has 2 heteroatoms. The molecule has 0 aliphatic carbocycles. The summed E-state index contributed by atoms with van der Waals surface area (Å²) in [5.41, 5.74) is 1.95. The summed E-state index contributed by atoms with van der Waals surface area (Å²) in [6, 6.07) is 7.99. The monoisotopic (exact) mass is 244 g/mol. The van der Waals surface area contributed by atoms with Gasteiger partial charge < -0.3 is 4.74 Å². The summed E-state index contributed by atoms with van der Waals surface area (Å²) in [6.45, 7) is 7.84. The fourth-order valence-electron chi connectivity index (χ4n) is 1.22. The first-order chi connectivity index (χ1) is 8.37. The number of ketones is 1. The van der Waals surface area contributed by atoms with Gasteiger partial charge in [0.15, 0.2) is 5.78 Å². The van der Waals surface area contributed by atoms with Crippen molar-refractivity contribution in [3.8, 4) is 0 Å². The zero-order valence-electron chi connectivity index (χ0n) is 11.4. The van der Waals surface area contributed by atoms with E-state index in [9.17, 15) is 4.79 Å². The molecule has 1 rings (SSSR count). The SMILES string of the molecule is Cc1ccc(/C=C/C(=O)/C=C/OC(C)(C)C)cc1. The second-order valence-electron chi connectivity index (χ2n) is 5.18. The molecule has 0 bridgehead atoms. The van der Waals surface area contributed by atoms with Crippen LogP contribution in [0.3, 0.4) is 0 Å². The molecule has 0 unspecified atom stereocenters. The highest BCUT2D eigenvalue weighted by Gasteiger charge is 2.07. The Morgan fingerprint density at radius 2 is 1.72 bits per heavy atom. The van der Waals surface area contributed by atoms with Crippen molar-refractivity contribution in [2.45, 2.75) is 33.3 Å². The fourth-order valence-corrected chi connectivity index (χ4v) is 1.22. The lowest BCUT2D eigenvalue weighted by molar-refractivity contribution is -0.110. The van der Waals surface area contributed by atoms with Gasteiger partial charge in [-0.3, -0.25) is 4.79 Å². The van der Waals surface area contributed by atoms with Gasteiger partial charge >= 0.3 is 0 Å². The maximum absolute atomic E-state index is 11.5. The van der Waals surface area contributed by atoms with E-state index in [0.717, 1.165) is 5.56 Å². The van der Waals surface area contributed by atoms with Crippen molar-refractivity contribution < 1.29 is 9.53 Å². The average Bonchev–Trinajstić information content (AvgIpc) is 2.26. The summed E-state index contributed by atoms with van der Waals surface area (Å²) < 4.78 is 5.33. The van der Waals surface area contributed by atoms with Gasteiger partial charge in [0.05, 0.1) is 11.9 Å². The van der Waals surface area contributed by atoms with Crippen molar-refractivity contribution in [2.24, 2.45) is 0 Å². The molecular weight excluding hydrogens is 224 g/mol. The van der Waals surface area contributed by atoms with E-state index >= 15 is 0 Å². The van der Waals surface area contributed by atoms with E-state index in [-0.39, 0.29) is 11.4 Å². The number of carbonyl (C=O) groups excluding carboxylic acids is 1. The molecule has 1 aromatic rings. The third-order valence-corrected chi connectivity index (χ3v) is 2.17. The first-order valence-corrected chi connectivity index (χ1v) is 6.00. The van der Waals surface area contributed by atoms with Gasteiger partial charge in [0.2, 0.25) is 0 Å². The molecule has 0 atom stereocenters. The highest BCUT2D eigenvalue weighted by Crippen LogP contribution is 2.07.